The summed E-state index contributed by atoms with van der Waals surface area (Å²) in [6.07, 6.45) is 6.33. The van der Waals surface area contributed by atoms with Crippen LogP contribution in [-0.2, 0) is 10.0 Å². The van der Waals surface area contributed by atoms with E-state index in [4.69, 9.17) is 9.84 Å². The molecule has 3 aromatic rings. The average molecular weight is 488 g/mol. The Morgan fingerprint density at radius 2 is 1.82 bits per heavy atom. The number of benzene rings is 2. The van der Waals surface area contributed by atoms with Crippen LogP contribution in [0.5, 0.6) is 5.75 Å². The maximum atomic E-state index is 14.1. The molecule has 0 saturated heterocycles. The van der Waals surface area contributed by atoms with Crippen molar-refractivity contribution in [2.24, 2.45) is 5.92 Å². The molecular formula is C24H26FN3O5S. The summed E-state index contributed by atoms with van der Waals surface area (Å²) < 4.78 is 48.5. The molecule has 34 heavy (non-hydrogen) atoms. The summed E-state index contributed by atoms with van der Waals surface area (Å²) in [4.78, 5) is 11.1. The Morgan fingerprint density at radius 1 is 1.15 bits per heavy atom. The highest BCUT2D eigenvalue weighted by atomic mass is 32.2. The third-order valence-corrected chi connectivity index (χ3v) is 7.51. The molecule has 1 aliphatic carbocycles. The van der Waals surface area contributed by atoms with Crippen LogP contribution in [0.4, 0.5) is 10.1 Å². The minimum absolute atomic E-state index is 0.130. The summed E-state index contributed by atoms with van der Waals surface area (Å²) in [6.45, 7) is 2.29. The van der Waals surface area contributed by atoms with Crippen LogP contribution in [-0.4, -0.2) is 36.4 Å². The zero-order valence-electron chi connectivity index (χ0n) is 18.9. The Labute approximate surface area is 197 Å². The minimum atomic E-state index is -4.19. The fourth-order valence-electron chi connectivity index (χ4n) is 4.25. The molecule has 0 spiro atoms. The molecule has 0 unspecified atom stereocenters. The van der Waals surface area contributed by atoms with Gasteiger partial charge in [0.1, 0.15) is 11.6 Å². The Hall–Kier alpha value is -3.40. The number of carbonyl (C=O) groups is 1. The number of halogens is 1. The Balaban J connectivity index is 1.53. The number of nitrogens with zero attached hydrogens (tertiary/aromatic N) is 2. The van der Waals surface area contributed by atoms with Gasteiger partial charge in [0.05, 0.1) is 24.0 Å². The smallest absolute Gasteiger partial charge is 0.338 e. The van der Waals surface area contributed by atoms with Crippen molar-refractivity contribution < 1.29 is 27.4 Å². The number of carboxylic acids is 1. The van der Waals surface area contributed by atoms with Crippen molar-refractivity contribution in [3.05, 3.63) is 65.6 Å². The second kappa shape index (κ2) is 9.46. The van der Waals surface area contributed by atoms with E-state index in [-0.39, 0.29) is 16.5 Å². The van der Waals surface area contributed by atoms with E-state index in [0.717, 1.165) is 18.1 Å². The van der Waals surface area contributed by atoms with Gasteiger partial charge in [-0.1, -0.05) is 31.9 Å². The van der Waals surface area contributed by atoms with Crippen molar-refractivity contribution in [2.75, 3.05) is 11.8 Å². The van der Waals surface area contributed by atoms with E-state index in [9.17, 15) is 17.6 Å². The van der Waals surface area contributed by atoms with E-state index in [1.165, 1.54) is 55.3 Å². The maximum Gasteiger partial charge on any atom is 0.338 e. The molecule has 1 aliphatic rings. The fourth-order valence-corrected chi connectivity index (χ4v) is 5.24. The van der Waals surface area contributed by atoms with E-state index in [2.05, 4.69) is 28.9 Å². The zero-order chi connectivity index (χ0) is 24.5. The van der Waals surface area contributed by atoms with Gasteiger partial charge in [0.25, 0.3) is 10.0 Å². The minimum Gasteiger partial charge on any atom is -0.495 e. The van der Waals surface area contributed by atoms with E-state index in [0.29, 0.717) is 11.6 Å². The second-order valence-electron chi connectivity index (χ2n) is 8.59. The van der Waals surface area contributed by atoms with E-state index in [1.807, 2.05) is 12.1 Å². The van der Waals surface area contributed by atoms with Crippen LogP contribution < -0.4 is 9.46 Å². The topological polar surface area (TPSA) is 111 Å². The molecule has 8 nitrogen and oxygen atoms in total. The number of aromatic nitrogens is 2. The van der Waals surface area contributed by atoms with E-state index in [1.54, 1.807) is 0 Å². The molecule has 1 fully saturated rings. The van der Waals surface area contributed by atoms with Crippen LogP contribution in [0.1, 0.15) is 54.4 Å². The van der Waals surface area contributed by atoms with Gasteiger partial charge < -0.3 is 9.84 Å². The van der Waals surface area contributed by atoms with Gasteiger partial charge in [-0.3, -0.25) is 4.72 Å². The molecule has 2 N–H and O–H groups in total. The predicted molar refractivity (Wildman–Crippen MR) is 125 cm³/mol. The fraction of sp³-hybridized carbons (Fsp3) is 0.333. The van der Waals surface area contributed by atoms with Crippen LogP contribution in [0.25, 0.3) is 5.69 Å². The highest BCUT2D eigenvalue weighted by molar-refractivity contribution is 7.92. The highest BCUT2D eigenvalue weighted by Gasteiger charge is 2.23. The van der Waals surface area contributed by atoms with Crippen molar-refractivity contribution in [2.45, 2.75) is 43.6 Å². The van der Waals surface area contributed by atoms with Gasteiger partial charge in [0.15, 0.2) is 5.03 Å². The summed E-state index contributed by atoms with van der Waals surface area (Å²) >= 11 is 0. The number of rotatable bonds is 7. The van der Waals surface area contributed by atoms with Crippen LogP contribution in [0.2, 0.25) is 0 Å². The first-order valence-electron chi connectivity index (χ1n) is 11.0. The van der Waals surface area contributed by atoms with E-state index < -0.39 is 27.4 Å². The molecule has 0 amide bonds. The molecule has 1 aromatic heterocycles. The molecule has 10 heteroatoms. The number of hydrogen-bond acceptors (Lipinski definition) is 5. The molecule has 180 valence electrons. The van der Waals surface area contributed by atoms with Gasteiger partial charge in [0.2, 0.25) is 0 Å². The molecule has 0 aliphatic heterocycles. The second-order valence-corrected chi connectivity index (χ2v) is 10.2. The Morgan fingerprint density at radius 3 is 2.44 bits per heavy atom. The number of anilines is 1. The number of aromatic carboxylic acids is 1. The quantitative estimate of drug-likeness (QED) is 0.495. The number of sulfonamides is 1. The van der Waals surface area contributed by atoms with E-state index >= 15 is 0 Å². The highest BCUT2D eigenvalue weighted by Crippen LogP contribution is 2.35. The number of hydrogen-bond donors (Lipinski definition) is 2. The van der Waals surface area contributed by atoms with Gasteiger partial charge in [-0.05, 0) is 54.5 Å². The first-order valence-corrected chi connectivity index (χ1v) is 12.5. The van der Waals surface area contributed by atoms with Gasteiger partial charge in [-0.2, -0.15) is 13.5 Å². The van der Waals surface area contributed by atoms with Gasteiger partial charge in [-0.25, -0.2) is 13.9 Å². The van der Waals surface area contributed by atoms with Crippen molar-refractivity contribution in [3.63, 3.8) is 0 Å². The molecule has 0 bridgehead atoms. The number of nitrogens with one attached hydrogen (secondary N) is 1. The molecule has 4 rings (SSSR count). The number of ether oxygens (including phenoxy) is 1. The van der Waals surface area contributed by atoms with Crippen LogP contribution >= 0.6 is 0 Å². The lowest BCUT2D eigenvalue weighted by Gasteiger charge is -2.26. The third-order valence-electron chi connectivity index (χ3n) is 6.25. The standard InChI is InChI=1S/C24H26FN3O5S/c1-15-3-5-16(6-4-15)17-7-9-18(10-8-17)28-12-11-23(26-28)34(31,32)27-21-14-20(25)19(24(29)30)13-22(21)33-2/h7-16,27H,3-6H2,1-2H3,(H,29,30). The normalized spacial score (nSPS) is 18.4. The van der Waals surface area contributed by atoms with Crippen molar-refractivity contribution in [1.82, 2.24) is 9.78 Å². The molecular weight excluding hydrogens is 461 g/mol. The van der Waals surface area contributed by atoms with Crippen molar-refractivity contribution in [1.29, 1.82) is 0 Å². The average Bonchev–Trinajstić information content (AvgIpc) is 3.31. The Kier molecular flexibility index (Phi) is 6.60. The molecule has 1 saturated carbocycles. The van der Waals surface area contributed by atoms with Crippen LogP contribution in [0, 0.1) is 11.7 Å². The first kappa shape index (κ1) is 23.7. The third kappa shape index (κ3) is 4.91. The molecule has 2 aromatic carbocycles. The first-order chi connectivity index (χ1) is 16.2. The summed E-state index contributed by atoms with van der Waals surface area (Å²) in [5.41, 5.74) is 1.13. The Bertz CT molecular complexity index is 1300. The summed E-state index contributed by atoms with van der Waals surface area (Å²) in [7, 11) is -2.96. The van der Waals surface area contributed by atoms with Gasteiger partial charge in [0, 0.05) is 12.3 Å². The van der Waals surface area contributed by atoms with Crippen molar-refractivity contribution >= 4 is 21.7 Å². The van der Waals surface area contributed by atoms with Crippen LogP contribution in [0.3, 0.4) is 0 Å². The zero-order valence-corrected chi connectivity index (χ0v) is 19.7. The van der Waals surface area contributed by atoms with Gasteiger partial charge >= 0.3 is 5.97 Å². The van der Waals surface area contributed by atoms with Gasteiger partial charge in [-0.15, -0.1) is 0 Å². The number of methoxy groups -OCH3 is 1. The summed E-state index contributed by atoms with van der Waals surface area (Å²) in [5.74, 6) is -1.39. The SMILES string of the molecule is COc1cc(C(=O)O)c(F)cc1NS(=O)(=O)c1ccn(-c2ccc(C3CCC(C)CC3)cc2)n1. The lowest BCUT2D eigenvalue weighted by Crippen LogP contribution is -2.15. The summed E-state index contributed by atoms with van der Waals surface area (Å²) in [6, 6.07) is 10.9. The van der Waals surface area contributed by atoms with Crippen molar-refractivity contribution in [3.8, 4) is 11.4 Å². The molecule has 1 heterocycles. The number of carboxylic acid groups (broad SMARTS) is 1. The monoisotopic (exact) mass is 487 g/mol. The van der Waals surface area contributed by atoms with Crippen LogP contribution in [0.15, 0.2) is 53.7 Å². The summed E-state index contributed by atoms with van der Waals surface area (Å²) in [5, 5.41) is 12.9. The maximum absolute atomic E-state index is 14.1. The largest absolute Gasteiger partial charge is 0.495 e. The lowest BCUT2D eigenvalue weighted by molar-refractivity contribution is 0.0691. The lowest BCUT2D eigenvalue weighted by atomic mass is 9.79. The predicted octanol–water partition coefficient (Wildman–Crippen LogP) is 4.81. The molecule has 0 atom stereocenters. The molecule has 0 radical (unpaired) electrons.